The van der Waals surface area contributed by atoms with Crippen LogP contribution in [0, 0.1) is 0 Å². The van der Waals surface area contributed by atoms with E-state index < -0.39 is 17.6 Å². The van der Waals surface area contributed by atoms with E-state index in [4.69, 9.17) is 10.5 Å². The van der Waals surface area contributed by atoms with Crippen molar-refractivity contribution in [2.75, 3.05) is 18.2 Å². The maximum absolute atomic E-state index is 12.5. The molecule has 0 bridgehead atoms. The number of hydrogen-bond donors (Lipinski definition) is 2. The molecule has 0 atom stereocenters. The van der Waals surface area contributed by atoms with Crippen LogP contribution < -0.4 is 15.8 Å². The van der Waals surface area contributed by atoms with Crippen molar-refractivity contribution < 1.29 is 22.7 Å². The van der Waals surface area contributed by atoms with Gasteiger partial charge in [-0.05, 0) is 36.4 Å². The van der Waals surface area contributed by atoms with Gasteiger partial charge in [0.1, 0.15) is 5.75 Å². The monoisotopic (exact) mass is 310 g/mol. The van der Waals surface area contributed by atoms with Crippen molar-refractivity contribution in [1.82, 2.24) is 0 Å². The second-order valence-corrected chi connectivity index (χ2v) is 4.48. The van der Waals surface area contributed by atoms with Crippen molar-refractivity contribution in [2.24, 2.45) is 0 Å². The first-order chi connectivity index (χ1) is 10.3. The third-order valence-corrected chi connectivity index (χ3v) is 2.98. The van der Waals surface area contributed by atoms with E-state index in [-0.39, 0.29) is 5.56 Å². The Morgan fingerprint density at radius 3 is 2.27 bits per heavy atom. The molecule has 0 saturated carbocycles. The van der Waals surface area contributed by atoms with Crippen molar-refractivity contribution in [3.8, 4) is 5.75 Å². The van der Waals surface area contributed by atoms with Gasteiger partial charge in [0.25, 0.3) is 5.91 Å². The molecule has 7 heteroatoms. The van der Waals surface area contributed by atoms with Gasteiger partial charge in [-0.25, -0.2) is 0 Å². The third kappa shape index (κ3) is 3.49. The van der Waals surface area contributed by atoms with Crippen LogP contribution in [0.5, 0.6) is 5.75 Å². The molecule has 0 fully saturated rings. The number of nitrogens with one attached hydrogen (secondary N) is 1. The molecule has 2 rings (SSSR count). The molecule has 0 heterocycles. The minimum Gasteiger partial charge on any atom is -0.497 e. The highest BCUT2D eigenvalue weighted by molar-refractivity contribution is 6.05. The number of carbonyl (C=O) groups is 1. The first-order valence-electron chi connectivity index (χ1n) is 6.23. The molecule has 0 unspecified atom stereocenters. The van der Waals surface area contributed by atoms with Gasteiger partial charge in [0.15, 0.2) is 0 Å². The number of hydrogen-bond acceptors (Lipinski definition) is 3. The van der Waals surface area contributed by atoms with Crippen molar-refractivity contribution >= 4 is 17.3 Å². The van der Waals surface area contributed by atoms with E-state index in [1.165, 1.54) is 13.2 Å². The second-order valence-electron chi connectivity index (χ2n) is 4.48. The molecule has 0 aromatic heterocycles. The van der Waals surface area contributed by atoms with E-state index in [9.17, 15) is 18.0 Å². The van der Waals surface area contributed by atoms with Gasteiger partial charge in [-0.2, -0.15) is 13.2 Å². The predicted octanol–water partition coefficient (Wildman–Crippen LogP) is 3.55. The van der Waals surface area contributed by atoms with E-state index in [1.54, 1.807) is 12.1 Å². The summed E-state index contributed by atoms with van der Waals surface area (Å²) in [6.45, 7) is 0. The fourth-order valence-electron chi connectivity index (χ4n) is 1.79. The molecule has 0 aliphatic heterocycles. The van der Waals surface area contributed by atoms with Gasteiger partial charge in [-0.3, -0.25) is 4.79 Å². The Morgan fingerprint density at radius 1 is 1.14 bits per heavy atom. The van der Waals surface area contributed by atoms with E-state index in [2.05, 4.69) is 5.32 Å². The Labute approximate surface area is 124 Å². The molecule has 4 nitrogen and oxygen atoms in total. The van der Waals surface area contributed by atoms with Crippen molar-refractivity contribution in [2.45, 2.75) is 6.18 Å². The molecule has 2 aromatic rings. The first kappa shape index (κ1) is 15.7. The van der Waals surface area contributed by atoms with Crippen LogP contribution in [0.1, 0.15) is 15.9 Å². The molecule has 1 amide bonds. The molecule has 116 valence electrons. The molecular weight excluding hydrogens is 297 g/mol. The number of alkyl halides is 3. The van der Waals surface area contributed by atoms with Crippen LogP contribution in [-0.2, 0) is 6.18 Å². The van der Waals surface area contributed by atoms with Crippen LogP contribution >= 0.6 is 0 Å². The zero-order chi connectivity index (χ0) is 16.3. The smallest absolute Gasteiger partial charge is 0.416 e. The van der Waals surface area contributed by atoms with Crippen molar-refractivity contribution in [3.05, 3.63) is 53.6 Å². The minimum atomic E-state index is -4.44. The summed E-state index contributed by atoms with van der Waals surface area (Å²) in [4.78, 5) is 12.0. The molecular formula is C15H13F3N2O2. The quantitative estimate of drug-likeness (QED) is 0.852. The lowest BCUT2D eigenvalue weighted by Crippen LogP contribution is -2.14. The highest BCUT2D eigenvalue weighted by Gasteiger charge is 2.30. The number of rotatable bonds is 3. The highest BCUT2D eigenvalue weighted by Crippen LogP contribution is 2.29. The van der Waals surface area contributed by atoms with Gasteiger partial charge in [-0.15, -0.1) is 0 Å². The molecule has 0 aliphatic carbocycles. The van der Waals surface area contributed by atoms with Crippen LogP contribution in [0.3, 0.4) is 0 Å². The van der Waals surface area contributed by atoms with Gasteiger partial charge < -0.3 is 15.8 Å². The second kappa shape index (κ2) is 5.97. The van der Waals surface area contributed by atoms with Gasteiger partial charge in [0.05, 0.1) is 24.0 Å². The zero-order valence-corrected chi connectivity index (χ0v) is 11.6. The predicted molar refractivity (Wildman–Crippen MR) is 76.8 cm³/mol. The average molecular weight is 310 g/mol. The van der Waals surface area contributed by atoms with Crippen LogP contribution in [0.2, 0.25) is 0 Å². The van der Waals surface area contributed by atoms with Gasteiger partial charge >= 0.3 is 6.18 Å². The number of nitrogens with two attached hydrogens (primary N) is 1. The van der Waals surface area contributed by atoms with E-state index in [0.717, 1.165) is 24.3 Å². The normalized spacial score (nSPS) is 11.1. The number of benzene rings is 2. The lowest BCUT2D eigenvalue weighted by atomic mass is 10.1. The Hall–Kier alpha value is -2.70. The summed E-state index contributed by atoms with van der Waals surface area (Å²) in [7, 11) is 1.48. The molecule has 2 aromatic carbocycles. The standard InChI is InChI=1S/C15H13F3N2O2/c1-22-11-6-7-13(12(19)8-11)20-14(21)9-2-4-10(5-3-9)15(16,17)18/h2-8H,19H2,1H3,(H,20,21). The number of halogens is 3. The van der Waals surface area contributed by atoms with Crippen molar-refractivity contribution in [3.63, 3.8) is 0 Å². The summed E-state index contributed by atoms with van der Waals surface area (Å²) in [5.74, 6) is -0.0179. The minimum absolute atomic E-state index is 0.100. The number of ether oxygens (including phenoxy) is 1. The molecule has 22 heavy (non-hydrogen) atoms. The maximum Gasteiger partial charge on any atom is 0.416 e. The Balaban J connectivity index is 2.15. The van der Waals surface area contributed by atoms with Crippen LogP contribution in [-0.4, -0.2) is 13.0 Å². The maximum atomic E-state index is 12.5. The van der Waals surface area contributed by atoms with E-state index >= 15 is 0 Å². The molecule has 0 saturated heterocycles. The lowest BCUT2D eigenvalue weighted by Gasteiger charge is -2.10. The first-order valence-corrected chi connectivity index (χ1v) is 6.23. The molecule has 3 N–H and O–H groups in total. The molecule has 0 radical (unpaired) electrons. The number of carbonyl (C=O) groups excluding carboxylic acids is 1. The fourth-order valence-corrected chi connectivity index (χ4v) is 1.79. The molecule has 0 aliphatic rings. The van der Waals surface area contributed by atoms with Gasteiger partial charge in [0, 0.05) is 11.6 Å². The van der Waals surface area contributed by atoms with Crippen molar-refractivity contribution in [1.29, 1.82) is 0 Å². The summed E-state index contributed by atoms with van der Waals surface area (Å²) in [5, 5.41) is 2.54. The number of methoxy groups -OCH3 is 1. The largest absolute Gasteiger partial charge is 0.497 e. The van der Waals surface area contributed by atoms with Gasteiger partial charge in [0.2, 0.25) is 0 Å². The third-order valence-electron chi connectivity index (χ3n) is 2.98. The Morgan fingerprint density at radius 2 is 1.77 bits per heavy atom. The SMILES string of the molecule is COc1ccc(NC(=O)c2ccc(C(F)(F)F)cc2)c(N)c1. The summed E-state index contributed by atoms with van der Waals surface area (Å²) in [6, 6.07) is 8.62. The van der Waals surface area contributed by atoms with Crippen LogP contribution in [0.4, 0.5) is 24.5 Å². The number of amides is 1. The summed E-state index contributed by atoms with van der Waals surface area (Å²) in [5.41, 5.74) is 5.69. The van der Waals surface area contributed by atoms with Crippen LogP contribution in [0.15, 0.2) is 42.5 Å². The fraction of sp³-hybridized carbons (Fsp3) is 0.133. The topological polar surface area (TPSA) is 64.3 Å². The molecule has 0 spiro atoms. The Kier molecular flexibility index (Phi) is 4.25. The van der Waals surface area contributed by atoms with E-state index in [1.807, 2.05) is 0 Å². The summed E-state index contributed by atoms with van der Waals surface area (Å²) >= 11 is 0. The summed E-state index contributed by atoms with van der Waals surface area (Å²) in [6.07, 6.45) is -4.44. The number of nitrogen functional groups attached to an aromatic ring is 1. The highest BCUT2D eigenvalue weighted by atomic mass is 19.4. The number of anilines is 2. The summed E-state index contributed by atoms with van der Waals surface area (Å²) < 4.78 is 42.4. The van der Waals surface area contributed by atoms with Gasteiger partial charge in [-0.1, -0.05) is 0 Å². The lowest BCUT2D eigenvalue weighted by molar-refractivity contribution is -0.137. The van der Waals surface area contributed by atoms with Crippen LogP contribution in [0.25, 0.3) is 0 Å². The van der Waals surface area contributed by atoms with E-state index in [0.29, 0.717) is 17.1 Å². The average Bonchev–Trinajstić information content (AvgIpc) is 2.48. The zero-order valence-electron chi connectivity index (χ0n) is 11.6. The Bertz CT molecular complexity index is 682.